The van der Waals surface area contributed by atoms with Crippen molar-refractivity contribution in [2.45, 2.75) is 37.6 Å². The van der Waals surface area contributed by atoms with E-state index in [1.807, 2.05) is 24.3 Å². The first kappa shape index (κ1) is 16.5. The Morgan fingerprint density at radius 2 is 2.14 bits per heavy atom. The molecule has 1 fully saturated rings. The fourth-order valence-corrected chi connectivity index (χ4v) is 2.24. The second kappa shape index (κ2) is 7.98. The number of ether oxygens (including phenoxy) is 3. The summed E-state index contributed by atoms with van der Waals surface area (Å²) in [7, 11) is 1.59. The molecular weight excluding hydrogens is 290 g/mol. The average molecular weight is 309 g/mol. The quantitative estimate of drug-likeness (QED) is 0.448. The van der Waals surface area contributed by atoms with E-state index >= 15 is 0 Å². The predicted molar refractivity (Wildman–Crippen MR) is 77.1 cm³/mol. The average Bonchev–Trinajstić information content (AvgIpc) is 2.87. The smallest absolute Gasteiger partial charge is 0.181 e. The summed E-state index contributed by atoms with van der Waals surface area (Å²) in [6, 6.07) is 7.37. The zero-order valence-electron chi connectivity index (χ0n) is 12.2. The number of hydrogen-bond donors (Lipinski definition) is 2. The van der Waals surface area contributed by atoms with Crippen LogP contribution in [0.5, 0.6) is 5.75 Å². The Morgan fingerprint density at radius 3 is 2.68 bits per heavy atom. The standard InChI is InChI=1S/C14H19N3O5/c1-20-10-4-2-9(3-5-10)8-21-13(7-16-17-15)12-6-11(18)14(19)22-12/h2-5,11-14,18-19H,6-8H2,1H3/t11-,12+,13-,14?/m1/s1. The van der Waals surface area contributed by atoms with E-state index in [0.717, 1.165) is 11.3 Å². The first-order chi connectivity index (χ1) is 10.6. The summed E-state index contributed by atoms with van der Waals surface area (Å²) in [5.41, 5.74) is 9.38. The molecule has 0 spiro atoms. The van der Waals surface area contributed by atoms with Gasteiger partial charge in [-0.05, 0) is 23.2 Å². The Morgan fingerprint density at radius 1 is 1.41 bits per heavy atom. The molecule has 0 bridgehead atoms. The molecule has 2 rings (SSSR count). The number of aliphatic hydroxyl groups excluding tert-OH is 2. The number of aliphatic hydroxyl groups is 2. The van der Waals surface area contributed by atoms with E-state index in [1.165, 1.54) is 0 Å². The van der Waals surface area contributed by atoms with Crippen LogP contribution in [0.25, 0.3) is 10.4 Å². The Hall–Kier alpha value is -1.83. The molecule has 0 amide bonds. The van der Waals surface area contributed by atoms with Gasteiger partial charge < -0.3 is 24.4 Å². The highest BCUT2D eigenvalue weighted by atomic mass is 16.6. The largest absolute Gasteiger partial charge is 0.497 e. The number of benzene rings is 1. The van der Waals surface area contributed by atoms with Crippen molar-refractivity contribution in [2.75, 3.05) is 13.7 Å². The number of nitrogens with zero attached hydrogens (tertiary/aromatic N) is 3. The van der Waals surface area contributed by atoms with Crippen molar-refractivity contribution in [3.63, 3.8) is 0 Å². The summed E-state index contributed by atoms with van der Waals surface area (Å²) >= 11 is 0. The molecule has 1 aromatic carbocycles. The maximum atomic E-state index is 9.54. The summed E-state index contributed by atoms with van der Waals surface area (Å²) < 4.78 is 16.0. The Kier molecular flexibility index (Phi) is 6.00. The van der Waals surface area contributed by atoms with E-state index in [9.17, 15) is 10.2 Å². The summed E-state index contributed by atoms with van der Waals surface area (Å²) in [5.74, 6) is 0.750. The lowest BCUT2D eigenvalue weighted by Crippen LogP contribution is -2.32. The van der Waals surface area contributed by atoms with E-state index in [-0.39, 0.29) is 13.0 Å². The van der Waals surface area contributed by atoms with E-state index in [1.54, 1.807) is 7.11 Å². The van der Waals surface area contributed by atoms with Gasteiger partial charge in [-0.1, -0.05) is 17.2 Å². The molecule has 1 saturated heterocycles. The van der Waals surface area contributed by atoms with Crippen molar-refractivity contribution in [3.8, 4) is 5.75 Å². The molecule has 1 aliphatic heterocycles. The number of rotatable bonds is 7. The van der Waals surface area contributed by atoms with E-state index in [2.05, 4.69) is 10.0 Å². The molecule has 1 aliphatic rings. The number of azide groups is 1. The van der Waals surface area contributed by atoms with Crippen LogP contribution in [0.3, 0.4) is 0 Å². The zero-order chi connectivity index (χ0) is 15.9. The topological polar surface area (TPSA) is 117 Å². The normalized spacial score (nSPS) is 25.5. The summed E-state index contributed by atoms with van der Waals surface area (Å²) in [5, 5.41) is 22.5. The second-order valence-corrected chi connectivity index (χ2v) is 4.98. The van der Waals surface area contributed by atoms with Gasteiger partial charge in [0.2, 0.25) is 0 Å². The molecule has 4 atom stereocenters. The Labute approximate surface area is 127 Å². The molecule has 0 aromatic heterocycles. The molecule has 120 valence electrons. The van der Waals surface area contributed by atoms with Crippen LogP contribution in [0, 0.1) is 0 Å². The molecule has 1 heterocycles. The van der Waals surface area contributed by atoms with Crippen LogP contribution in [0.2, 0.25) is 0 Å². The van der Waals surface area contributed by atoms with E-state index in [4.69, 9.17) is 19.7 Å². The van der Waals surface area contributed by atoms with Crippen LogP contribution in [-0.2, 0) is 16.1 Å². The maximum absolute atomic E-state index is 9.54. The number of hydrogen-bond acceptors (Lipinski definition) is 6. The van der Waals surface area contributed by atoms with Crippen LogP contribution < -0.4 is 4.74 Å². The number of methoxy groups -OCH3 is 1. The van der Waals surface area contributed by atoms with Gasteiger partial charge in [-0.25, -0.2) is 0 Å². The van der Waals surface area contributed by atoms with Gasteiger partial charge in [-0.2, -0.15) is 0 Å². The van der Waals surface area contributed by atoms with Crippen molar-refractivity contribution in [1.82, 2.24) is 0 Å². The molecule has 0 saturated carbocycles. The minimum atomic E-state index is -1.23. The van der Waals surface area contributed by atoms with Crippen molar-refractivity contribution in [3.05, 3.63) is 40.3 Å². The first-order valence-electron chi connectivity index (χ1n) is 6.91. The van der Waals surface area contributed by atoms with Crippen LogP contribution in [0.4, 0.5) is 0 Å². The molecule has 0 radical (unpaired) electrons. The second-order valence-electron chi connectivity index (χ2n) is 4.98. The van der Waals surface area contributed by atoms with E-state index in [0.29, 0.717) is 6.61 Å². The minimum absolute atomic E-state index is 0.0662. The van der Waals surface area contributed by atoms with Crippen LogP contribution in [0.1, 0.15) is 12.0 Å². The third kappa shape index (κ3) is 4.33. The van der Waals surface area contributed by atoms with Crippen LogP contribution >= 0.6 is 0 Å². The minimum Gasteiger partial charge on any atom is -0.497 e. The third-order valence-electron chi connectivity index (χ3n) is 3.48. The van der Waals surface area contributed by atoms with Gasteiger partial charge in [0.25, 0.3) is 0 Å². The fourth-order valence-electron chi connectivity index (χ4n) is 2.24. The molecule has 1 aromatic rings. The van der Waals surface area contributed by atoms with Gasteiger partial charge in [0.1, 0.15) is 11.9 Å². The fraction of sp³-hybridized carbons (Fsp3) is 0.571. The molecule has 2 N–H and O–H groups in total. The van der Waals surface area contributed by atoms with Gasteiger partial charge in [-0.15, -0.1) is 0 Å². The highest BCUT2D eigenvalue weighted by Gasteiger charge is 2.37. The molecule has 22 heavy (non-hydrogen) atoms. The highest BCUT2D eigenvalue weighted by molar-refractivity contribution is 5.26. The van der Waals surface area contributed by atoms with Crippen LogP contribution in [-0.4, -0.2) is 48.5 Å². The van der Waals surface area contributed by atoms with Gasteiger partial charge >= 0.3 is 0 Å². The highest BCUT2D eigenvalue weighted by Crippen LogP contribution is 2.24. The monoisotopic (exact) mass is 309 g/mol. The Bertz CT molecular complexity index is 508. The molecule has 0 aliphatic carbocycles. The molecule has 8 nitrogen and oxygen atoms in total. The van der Waals surface area contributed by atoms with Crippen molar-refractivity contribution < 1.29 is 24.4 Å². The van der Waals surface area contributed by atoms with Gasteiger partial charge in [0.05, 0.1) is 32.5 Å². The first-order valence-corrected chi connectivity index (χ1v) is 6.91. The van der Waals surface area contributed by atoms with Gasteiger partial charge in [0.15, 0.2) is 6.29 Å². The molecular formula is C14H19N3O5. The lowest BCUT2D eigenvalue weighted by atomic mass is 10.1. The molecule has 8 heteroatoms. The van der Waals surface area contributed by atoms with Gasteiger partial charge in [0, 0.05) is 11.3 Å². The lowest BCUT2D eigenvalue weighted by Gasteiger charge is -2.22. The zero-order valence-corrected chi connectivity index (χ0v) is 12.2. The summed E-state index contributed by atoms with van der Waals surface area (Å²) in [6.45, 7) is 0.360. The van der Waals surface area contributed by atoms with Gasteiger partial charge in [-0.3, -0.25) is 0 Å². The SMILES string of the molecule is COc1ccc(CO[C@H](CN=[N+]=[N-])[C@@H]2C[C@@H](O)C(O)O2)cc1. The van der Waals surface area contributed by atoms with E-state index < -0.39 is 24.6 Å². The van der Waals surface area contributed by atoms with Crippen molar-refractivity contribution in [2.24, 2.45) is 5.11 Å². The summed E-state index contributed by atoms with van der Waals surface area (Å²) in [4.78, 5) is 2.71. The maximum Gasteiger partial charge on any atom is 0.181 e. The van der Waals surface area contributed by atoms with Crippen LogP contribution in [0.15, 0.2) is 29.4 Å². The third-order valence-corrected chi connectivity index (χ3v) is 3.48. The lowest BCUT2D eigenvalue weighted by molar-refractivity contribution is -0.153. The Balaban J connectivity index is 1.95. The summed E-state index contributed by atoms with van der Waals surface area (Å²) in [6.07, 6.45) is -3.01. The van der Waals surface area contributed by atoms with Crippen molar-refractivity contribution in [1.29, 1.82) is 0 Å². The molecule has 1 unspecified atom stereocenters. The van der Waals surface area contributed by atoms with Crippen molar-refractivity contribution >= 4 is 0 Å². The predicted octanol–water partition coefficient (Wildman–Crippen LogP) is 1.36.